The number of nitrogens with two attached hydrogens (primary N) is 2. The molecule has 0 bridgehead atoms. The van der Waals surface area contributed by atoms with Gasteiger partial charge in [-0.15, -0.1) is 0 Å². The van der Waals surface area contributed by atoms with Crippen molar-refractivity contribution in [3.05, 3.63) is 59.7 Å². The lowest BCUT2D eigenvalue weighted by Crippen LogP contribution is -2.56. The Bertz CT molecular complexity index is 608. The summed E-state index contributed by atoms with van der Waals surface area (Å²) in [6.07, 6.45) is 0. The average Bonchev–Trinajstić information content (AvgIpc) is 2.60. The maximum Gasteiger partial charge on any atom is 0.124 e. The predicted octanol–water partition coefficient (Wildman–Crippen LogP) is 2.89. The predicted molar refractivity (Wildman–Crippen MR) is 93.8 cm³/mol. The normalized spacial score (nSPS) is 13.0. The molecule has 0 aliphatic rings. The van der Waals surface area contributed by atoms with Gasteiger partial charge in [0.25, 0.3) is 0 Å². The highest BCUT2D eigenvalue weighted by Gasteiger charge is 2.41. The van der Waals surface area contributed by atoms with Gasteiger partial charge in [-0.25, -0.2) is 0 Å². The first-order valence-electron chi connectivity index (χ1n) is 7.78. The fourth-order valence-electron chi connectivity index (χ4n) is 3.00. The van der Waals surface area contributed by atoms with Crippen LogP contribution in [0.2, 0.25) is 0 Å². The van der Waals surface area contributed by atoms with E-state index in [2.05, 4.69) is 13.8 Å². The summed E-state index contributed by atoms with van der Waals surface area (Å²) in [6.45, 7) is 4.13. The number of para-hydroxylation sites is 2. The molecule has 4 nitrogen and oxygen atoms in total. The van der Waals surface area contributed by atoms with Gasteiger partial charge in [0.1, 0.15) is 11.5 Å². The molecule has 0 unspecified atom stereocenters. The second-order valence-electron chi connectivity index (χ2n) is 6.04. The van der Waals surface area contributed by atoms with Crippen molar-refractivity contribution in [3.63, 3.8) is 0 Å². The molecular weight excluding hydrogens is 288 g/mol. The number of methoxy groups -OCH3 is 2. The quantitative estimate of drug-likeness (QED) is 0.860. The highest BCUT2D eigenvalue weighted by Crippen LogP contribution is 2.41. The summed E-state index contributed by atoms with van der Waals surface area (Å²) in [5.74, 6) is 1.61. The summed E-state index contributed by atoms with van der Waals surface area (Å²) in [7, 11) is 3.28. The lowest BCUT2D eigenvalue weighted by Gasteiger charge is -2.40. The van der Waals surface area contributed by atoms with Crippen LogP contribution in [0, 0.1) is 5.92 Å². The van der Waals surface area contributed by atoms with Crippen molar-refractivity contribution in [1.82, 2.24) is 0 Å². The van der Waals surface area contributed by atoms with Crippen LogP contribution in [0.15, 0.2) is 48.5 Å². The van der Waals surface area contributed by atoms with Crippen molar-refractivity contribution < 1.29 is 9.47 Å². The smallest absolute Gasteiger partial charge is 0.124 e. The van der Waals surface area contributed by atoms with Crippen molar-refractivity contribution in [1.29, 1.82) is 0 Å². The summed E-state index contributed by atoms with van der Waals surface area (Å²) in [6, 6.07) is 15.2. The minimum Gasteiger partial charge on any atom is -0.496 e. The highest BCUT2D eigenvalue weighted by atomic mass is 16.5. The van der Waals surface area contributed by atoms with Gasteiger partial charge < -0.3 is 20.9 Å². The minimum absolute atomic E-state index is 0.176. The molecule has 0 fully saturated rings. The maximum atomic E-state index is 6.95. The topological polar surface area (TPSA) is 70.5 Å². The van der Waals surface area contributed by atoms with Crippen LogP contribution in [0.1, 0.15) is 25.0 Å². The lowest BCUT2D eigenvalue weighted by molar-refractivity contribution is 0.308. The Labute approximate surface area is 138 Å². The molecule has 0 spiro atoms. The van der Waals surface area contributed by atoms with Gasteiger partial charge >= 0.3 is 0 Å². The number of hydrogen-bond acceptors (Lipinski definition) is 4. The van der Waals surface area contributed by atoms with Crippen LogP contribution >= 0.6 is 0 Å². The van der Waals surface area contributed by atoms with E-state index in [0.29, 0.717) is 0 Å². The molecule has 23 heavy (non-hydrogen) atoms. The van der Waals surface area contributed by atoms with Gasteiger partial charge in [0.05, 0.1) is 19.8 Å². The zero-order chi connectivity index (χ0) is 17.0. The lowest BCUT2D eigenvalue weighted by atomic mass is 9.73. The van der Waals surface area contributed by atoms with E-state index in [9.17, 15) is 0 Å². The molecule has 0 saturated heterocycles. The Morgan fingerprint density at radius 3 is 1.57 bits per heavy atom. The van der Waals surface area contributed by atoms with Crippen LogP contribution in [0.25, 0.3) is 0 Å². The molecule has 0 radical (unpaired) electrons. The molecule has 1 atom stereocenters. The van der Waals surface area contributed by atoms with E-state index < -0.39 is 5.54 Å². The first kappa shape index (κ1) is 17.3. The van der Waals surface area contributed by atoms with Crippen LogP contribution in [0.5, 0.6) is 11.5 Å². The Kier molecular flexibility index (Phi) is 5.29. The molecule has 0 aliphatic carbocycles. The maximum absolute atomic E-state index is 6.95. The van der Waals surface area contributed by atoms with Crippen LogP contribution in [0.3, 0.4) is 0 Å². The summed E-state index contributed by atoms with van der Waals surface area (Å²) < 4.78 is 11.1. The molecule has 4 N–H and O–H groups in total. The molecule has 2 rings (SSSR count). The highest BCUT2D eigenvalue weighted by molar-refractivity contribution is 5.52. The van der Waals surface area contributed by atoms with Crippen LogP contribution < -0.4 is 20.9 Å². The summed E-state index contributed by atoms with van der Waals surface area (Å²) in [5, 5.41) is 0. The van der Waals surface area contributed by atoms with E-state index in [1.54, 1.807) is 14.2 Å². The van der Waals surface area contributed by atoms with Gasteiger partial charge in [-0.1, -0.05) is 50.2 Å². The monoisotopic (exact) mass is 314 g/mol. The zero-order valence-corrected chi connectivity index (χ0v) is 14.2. The molecular formula is C19H26N2O2. The second-order valence-corrected chi connectivity index (χ2v) is 6.04. The Hall–Kier alpha value is -2.04. The molecule has 0 aliphatic heterocycles. The number of hydrogen-bond donors (Lipinski definition) is 2. The van der Waals surface area contributed by atoms with Gasteiger partial charge in [0.15, 0.2) is 0 Å². The molecule has 4 heteroatoms. The minimum atomic E-state index is -0.923. The van der Waals surface area contributed by atoms with Gasteiger partial charge in [0.2, 0.25) is 0 Å². The third-order valence-corrected chi connectivity index (χ3v) is 4.35. The summed E-state index contributed by atoms with van der Waals surface area (Å²) in [5.41, 5.74) is 14.3. The van der Waals surface area contributed by atoms with Gasteiger partial charge in [-0.3, -0.25) is 0 Å². The Morgan fingerprint density at radius 2 is 1.22 bits per heavy atom. The van der Waals surface area contributed by atoms with Gasteiger partial charge in [-0.05, 0) is 18.1 Å². The second kappa shape index (κ2) is 7.02. The molecule has 2 aromatic carbocycles. The Balaban J connectivity index is 2.76. The van der Waals surface area contributed by atoms with E-state index in [0.717, 1.165) is 22.6 Å². The standard InChI is InChI=1S/C19H26N2O2/c1-13(2)18(20)19(21,14-9-5-7-11-16(14)22-3)15-10-6-8-12-17(15)23-4/h5-13,18H,20-21H2,1-4H3/t18-/m0/s1. The molecule has 0 aromatic heterocycles. The van der Waals surface area contributed by atoms with Crippen LogP contribution in [-0.4, -0.2) is 20.3 Å². The van der Waals surface area contributed by atoms with Crippen molar-refractivity contribution in [2.75, 3.05) is 14.2 Å². The molecule has 0 amide bonds. The molecule has 0 heterocycles. The summed E-state index contributed by atoms with van der Waals surface area (Å²) >= 11 is 0. The van der Waals surface area contributed by atoms with E-state index in [4.69, 9.17) is 20.9 Å². The fraction of sp³-hybridized carbons (Fsp3) is 0.368. The van der Waals surface area contributed by atoms with Gasteiger partial charge in [-0.2, -0.15) is 0 Å². The molecule has 2 aromatic rings. The van der Waals surface area contributed by atoms with Crippen molar-refractivity contribution in [2.45, 2.75) is 25.4 Å². The van der Waals surface area contributed by atoms with E-state index in [-0.39, 0.29) is 12.0 Å². The third-order valence-electron chi connectivity index (χ3n) is 4.35. The fourth-order valence-corrected chi connectivity index (χ4v) is 3.00. The average molecular weight is 314 g/mol. The van der Waals surface area contributed by atoms with Gasteiger partial charge in [0, 0.05) is 17.2 Å². The SMILES string of the molecule is COc1ccccc1C(N)(c1ccccc1OC)[C@@H](N)C(C)C. The molecule has 0 saturated carbocycles. The van der Waals surface area contributed by atoms with Crippen LogP contribution in [0.4, 0.5) is 0 Å². The van der Waals surface area contributed by atoms with E-state index in [1.807, 2.05) is 48.5 Å². The molecule has 124 valence electrons. The van der Waals surface area contributed by atoms with Crippen LogP contribution in [-0.2, 0) is 5.54 Å². The first-order chi connectivity index (χ1) is 11.0. The van der Waals surface area contributed by atoms with Crippen molar-refractivity contribution in [3.8, 4) is 11.5 Å². The largest absolute Gasteiger partial charge is 0.496 e. The number of rotatable bonds is 6. The van der Waals surface area contributed by atoms with E-state index in [1.165, 1.54) is 0 Å². The zero-order valence-electron chi connectivity index (χ0n) is 14.2. The first-order valence-corrected chi connectivity index (χ1v) is 7.78. The third kappa shape index (κ3) is 3.05. The van der Waals surface area contributed by atoms with E-state index >= 15 is 0 Å². The number of ether oxygens (including phenoxy) is 2. The number of benzene rings is 2. The van der Waals surface area contributed by atoms with Crippen molar-refractivity contribution in [2.24, 2.45) is 17.4 Å². The summed E-state index contributed by atoms with van der Waals surface area (Å²) in [4.78, 5) is 0. The Morgan fingerprint density at radius 1 is 0.826 bits per heavy atom. The van der Waals surface area contributed by atoms with Crippen molar-refractivity contribution >= 4 is 0 Å².